The highest BCUT2D eigenvalue weighted by molar-refractivity contribution is 5.33. The van der Waals surface area contributed by atoms with Crippen LogP contribution < -0.4 is 0 Å². The molecular formula is C21H23FO2. The van der Waals surface area contributed by atoms with Crippen molar-refractivity contribution in [2.24, 2.45) is 0 Å². The predicted octanol–water partition coefficient (Wildman–Crippen LogP) is 4.32. The maximum absolute atomic E-state index is 13.3. The molecule has 2 nitrogen and oxygen atoms in total. The molecule has 24 heavy (non-hydrogen) atoms. The SMILES string of the molecule is Cc1ccccc1C1CO[C@]2(CCC(O)C2c2ccc(F)cc2)C1. The maximum atomic E-state index is 13.3. The molecule has 1 aliphatic heterocycles. The van der Waals surface area contributed by atoms with Crippen LogP contribution in [0.1, 0.15) is 47.8 Å². The third-order valence-electron chi connectivity index (χ3n) is 5.84. The van der Waals surface area contributed by atoms with Gasteiger partial charge in [-0.05, 0) is 55.0 Å². The molecule has 3 unspecified atom stereocenters. The minimum Gasteiger partial charge on any atom is -0.392 e. The summed E-state index contributed by atoms with van der Waals surface area (Å²) in [5, 5.41) is 10.6. The lowest BCUT2D eigenvalue weighted by Crippen LogP contribution is -2.34. The zero-order valence-corrected chi connectivity index (χ0v) is 13.9. The van der Waals surface area contributed by atoms with E-state index in [9.17, 15) is 9.50 Å². The number of hydrogen-bond donors (Lipinski definition) is 1. The Morgan fingerprint density at radius 1 is 1.12 bits per heavy atom. The zero-order valence-electron chi connectivity index (χ0n) is 13.9. The summed E-state index contributed by atoms with van der Waals surface area (Å²) in [5.74, 6) is 0.0389. The molecule has 1 N–H and O–H groups in total. The standard InChI is InChI=1S/C21H23FO2/c1-14-4-2-3-5-18(14)16-12-21(24-13-16)11-10-19(23)20(21)15-6-8-17(22)9-7-15/h2-9,16,19-20,23H,10-13H2,1H3/t16?,19?,20?,21-/m1/s1. The lowest BCUT2D eigenvalue weighted by atomic mass is 9.78. The molecule has 2 aliphatic rings. The molecule has 1 saturated heterocycles. The second-order valence-electron chi connectivity index (χ2n) is 7.27. The average Bonchev–Trinajstić information content (AvgIpc) is 3.14. The second kappa shape index (κ2) is 5.98. The number of hydrogen-bond acceptors (Lipinski definition) is 2. The second-order valence-corrected chi connectivity index (χ2v) is 7.27. The van der Waals surface area contributed by atoms with E-state index >= 15 is 0 Å². The van der Waals surface area contributed by atoms with E-state index in [1.807, 2.05) is 0 Å². The molecule has 0 bridgehead atoms. The molecule has 2 aromatic rings. The normalized spacial score (nSPS) is 32.5. The monoisotopic (exact) mass is 326 g/mol. The van der Waals surface area contributed by atoms with Crippen molar-refractivity contribution in [1.82, 2.24) is 0 Å². The third-order valence-corrected chi connectivity index (χ3v) is 5.84. The van der Waals surface area contributed by atoms with E-state index in [-0.39, 0.29) is 17.3 Å². The van der Waals surface area contributed by atoms with Crippen molar-refractivity contribution in [2.75, 3.05) is 6.61 Å². The summed E-state index contributed by atoms with van der Waals surface area (Å²) >= 11 is 0. The van der Waals surface area contributed by atoms with Crippen molar-refractivity contribution in [3.8, 4) is 0 Å². The van der Waals surface area contributed by atoms with E-state index < -0.39 is 6.10 Å². The minimum absolute atomic E-state index is 0.0767. The Hall–Kier alpha value is -1.71. The number of ether oxygens (including phenoxy) is 1. The highest BCUT2D eigenvalue weighted by atomic mass is 19.1. The molecule has 0 amide bonds. The van der Waals surface area contributed by atoms with Crippen LogP contribution in [0.3, 0.4) is 0 Å². The highest BCUT2D eigenvalue weighted by Gasteiger charge is 2.54. The molecule has 126 valence electrons. The Kier molecular flexibility index (Phi) is 3.93. The fourth-order valence-corrected chi connectivity index (χ4v) is 4.70. The molecule has 2 fully saturated rings. The molecule has 1 heterocycles. The van der Waals surface area contributed by atoms with Gasteiger partial charge in [0.25, 0.3) is 0 Å². The van der Waals surface area contributed by atoms with Crippen LogP contribution in [0, 0.1) is 12.7 Å². The van der Waals surface area contributed by atoms with Gasteiger partial charge in [0.05, 0.1) is 18.3 Å². The van der Waals surface area contributed by atoms with Crippen LogP contribution in [-0.4, -0.2) is 23.4 Å². The van der Waals surface area contributed by atoms with Crippen LogP contribution in [0.4, 0.5) is 4.39 Å². The molecule has 2 aromatic carbocycles. The highest BCUT2D eigenvalue weighted by Crippen LogP contribution is 2.54. The van der Waals surface area contributed by atoms with Crippen LogP contribution in [0.25, 0.3) is 0 Å². The van der Waals surface area contributed by atoms with E-state index in [1.165, 1.54) is 23.3 Å². The van der Waals surface area contributed by atoms with E-state index in [0.717, 1.165) is 24.8 Å². The Morgan fingerprint density at radius 3 is 2.62 bits per heavy atom. The number of aryl methyl sites for hydroxylation is 1. The van der Waals surface area contributed by atoms with Gasteiger partial charge in [0.2, 0.25) is 0 Å². The lowest BCUT2D eigenvalue weighted by Gasteiger charge is -2.32. The van der Waals surface area contributed by atoms with Crippen LogP contribution in [0.5, 0.6) is 0 Å². The Bertz CT molecular complexity index is 727. The summed E-state index contributed by atoms with van der Waals surface area (Å²) in [5.41, 5.74) is 3.28. The van der Waals surface area contributed by atoms with E-state index in [2.05, 4.69) is 31.2 Å². The molecule has 1 aliphatic carbocycles. The Morgan fingerprint density at radius 2 is 1.88 bits per heavy atom. The topological polar surface area (TPSA) is 29.5 Å². The first-order valence-electron chi connectivity index (χ1n) is 8.72. The van der Waals surface area contributed by atoms with Gasteiger partial charge < -0.3 is 9.84 Å². The maximum Gasteiger partial charge on any atom is 0.123 e. The van der Waals surface area contributed by atoms with Gasteiger partial charge in [-0.1, -0.05) is 36.4 Å². The number of aliphatic hydroxyl groups is 1. The quantitative estimate of drug-likeness (QED) is 0.891. The summed E-state index contributed by atoms with van der Waals surface area (Å²) in [4.78, 5) is 0. The van der Waals surface area contributed by atoms with E-state index in [0.29, 0.717) is 12.5 Å². The molecule has 1 saturated carbocycles. The van der Waals surface area contributed by atoms with Gasteiger partial charge in [0, 0.05) is 11.8 Å². The number of halogens is 1. The van der Waals surface area contributed by atoms with Crippen LogP contribution >= 0.6 is 0 Å². The van der Waals surface area contributed by atoms with Crippen molar-refractivity contribution in [3.63, 3.8) is 0 Å². The fraction of sp³-hybridized carbons (Fsp3) is 0.429. The average molecular weight is 326 g/mol. The lowest BCUT2D eigenvalue weighted by molar-refractivity contribution is -0.0188. The van der Waals surface area contributed by atoms with Gasteiger partial charge >= 0.3 is 0 Å². The van der Waals surface area contributed by atoms with Crippen molar-refractivity contribution in [3.05, 3.63) is 71.0 Å². The summed E-state index contributed by atoms with van der Waals surface area (Å²) in [6.45, 7) is 2.83. The molecule has 4 rings (SSSR count). The van der Waals surface area contributed by atoms with Gasteiger partial charge in [-0.25, -0.2) is 4.39 Å². The summed E-state index contributed by atoms with van der Waals surface area (Å²) < 4.78 is 19.6. The van der Waals surface area contributed by atoms with Crippen molar-refractivity contribution in [1.29, 1.82) is 0 Å². The van der Waals surface area contributed by atoms with Crippen molar-refractivity contribution in [2.45, 2.75) is 49.7 Å². The van der Waals surface area contributed by atoms with Crippen LogP contribution in [0.2, 0.25) is 0 Å². The molecule has 3 heteroatoms. The smallest absolute Gasteiger partial charge is 0.123 e. The molecule has 4 atom stereocenters. The van der Waals surface area contributed by atoms with Crippen molar-refractivity contribution < 1.29 is 14.2 Å². The van der Waals surface area contributed by atoms with Crippen LogP contribution in [-0.2, 0) is 4.74 Å². The van der Waals surface area contributed by atoms with Gasteiger partial charge in [-0.2, -0.15) is 0 Å². The first-order chi connectivity index (χ1) is 11.6. The third kappa shape index (κ3) is 2.56. The molecular weight excluding hydrogens is 303 g/mol. The minimum atomic E-state index is -0.425. The van der Waals surface area contributed by atoms with E-state index in [1.54, 1.807) is 12.1 Å². The van der Waals surface area contributed by atoms with Gasteiger partial charge in [-0.15, -0.1) is 0 Å². The number of rotatable bonds is 2. The summed E-state index contributed by atoms with van der Waals surface area (Å²) in [6, 6.07) is 15.0. The number of benzene rings is 2. The Balaban J connectivity index is 1.65. The molecule has 0 radical (unpaired) electrons. The first-order valence-corrected chi connectivity index (χ1v) is 8.72. The largest absolute Gasteiger partial charge is 0.392 e. The van der Waals surface area contributed by atoms with E-state index in [4.69, 9.17) is 4.74 Å². The van der Waals surface area contributed by atoms with Gasteiger partial charge in [-0.3, -0.25) is 0 Å². The fourth-order valence-electron chi connectivity index (χ4n) is 4.70. The Labute approximate surface area is 142 Å². The first kappa shape index (κ1) is 15.8. The summed E-state index contributed by atoms with van der Waals surface area (Å²) in [6.07, 6.45) is 2.09. The number of aliphatic hydroxyl groups excluding tert-OH is 1. The predicted molar refractivity (Wildman–Crippen MR) is 91.6 cm³/mol. The van der Waals surface area contributed by atoms with Gasteiger partial charge in [0.15, 0.2) is 0 Å². The van der Waals surface area contributed by atoms with Crippen LogP contribution in [0.15, 0.2) is 48.5 Å². The zero-order chi connectivity index (χ0) is 16.7. The molecule has 0 aromatic heterocycles. The summed E-state index contributed by atoms with van der Waals surface area (Å²) in [7, 11) is 0. The van der Waals surface area contributed by atoms with Crippen molar-refractivity contribution >= 4 is 0 Å². The van der Waals surface area contributed by atoms with Gasteiger partial charge in [0.1, 0.15) is 5.82 Å². The molecule has 1 spiro atoms.